The first-order chi connectivity index (χ1) is 13.2. The van der Waals surface area contributed by atoms with Gasteiger partial charge >= 0.3 is 35.3 Å². The van der Waals surface area contributed by atoms with E-state index in [0.29, 0.717) is 12.1 Å². The van der Waals surface area contributed by atoms with E-state index in [-0.39, 0.29) is 6.07 Å². The third-order valence-corrected chi connectivity index (χ3v) is 4.46. The Morgan fingerprint density at radius 2 is 1.23 bits per heavy atom. The van der Waals surface area contributed by atoms with Gasteiger partial charge in [0.1, 0.15) is 5.02 Å². The molecule has 1 aromatic carbocycles. The van der Waals surface area contributed by atoms with E-state index in [1.807, 2.05) is 0 Å². The minimum Gasteiger partial charge on any atom is -0.323 e. The first kappa shape index (κ1) is 23.9. The van der Waals surface area contributed by atoms with Crippen LogP contribution in [0.4, 0.5) is 59.7 Å². The van der Waals surface area contributed by atoms with Crippen LogP contribution in [0, 0.1) is 10.1 Å². The Bertz CT molecular complexity index is 892. The number of nitro benzene ring substituents is 1. The molecule has 0 atom stereocenters. The quantitative estimate of drug-likeness (QED) is 0.372. The molecular formula is C13H4ClF11N2O3. The largest absolute Gasteiger partial charge is 0.384 e. The summed E-state index contributed by atoms with van der Waals surface area (Å²) in [5.74, 6) is -40.6. The van der Waals surface area contributed by atoms with Crippen molar-refractivity contribution in [2.45, 2.75) is 35.3 Å². The molecule has 0 spiro atoms. The Labute approximate surface area is 161 Å². The number of hydrogen-bond acceptors (Lipinski definition) is 3. The third kappa shape index (κ3) is 2.51. The molecule has 2 rings (SSSR count). The molecule has 1 fully saturated rings. The summed E-state index contributed by atoms with van der Waals surface area (Å²) in [4.78, 5) is 21.1. The summed E-state index contributed by atoms with van der Waals surface area (Å²) in [7, 11) is 0. The number of hydrogen-bond donors (Lipinski definition) is 1. The number of anilines is 1. The van der Waals surface area contributed by atoms with Crippen molar-refractivity contribution in [1.82, 2.24) is 0 Å². The zero-order valence-corrected chi connectivity index (χ0v) is 14.2. The molecule has 0 aromatic heterocycles. The summed E-state index contributed by atoms with van der Waals surface area (Å²) < 4.78 is 149. The fourth-order valence-corrected chi connectivity index (χ4v) is 2.71. The third-order valence-electron chi connectivity index (χ3n) is 4.16. The van der Waals surface area contributed by atoms with Crippen molar-refractivity contribution in [1.29, 1.82) is 0 Å². The summed E-state index contributed by atoms with van der Waals surface area (Å²) in [6, 6.07) is 1.04. The van der Waals surface area contributed by atoms with Crippen molar-refractivity contribution in [2.24, 2.45) is 0 Å². The molecule has 5 nitrogen and oxygen atoms in total. The second-order valence-electron chi connectivity index (χ2n) is 5.91. The second-order valence-corrected chi connectivity index (χ2v) is 6.32. The van der Waals surface area contributed by atoms with Crippen molar-refractivity contribution in [3.63, 3.8) is 0 Å². The zero-order valence-electron chi connectivity index (χ0n) is 13.4. The highest BCUT2D eigenvalue weighted by atomic mass is 35.5. The number of benzene rings is 1. The average molecular weight is 481 g/mol. The van der Waals surface area contributed by atoms with Crippen molar-refractivity contribution in [2.75, 3.05) is 5.32 Å². The molecule has 1 amide bonds. The van der Waals surface area contributed by atoms with Crippen LogP contribution in [-0.4, -0.2) is 46.1 Å². The van der Waals surface area contributed by atoms with E-state index < -0.39 is 62.5 Å². The second kappa shape index (κ2) is 6.31. The monoisotopic (exact) mass is 480 g/mol. The molecule has 0 radical (unpaired) electrons. The normalized spacial score (nSPS) is 24.7. The summed E-state index contributed by atoms with van der Waals surface area (Å²) in [5, 5.41) is 10.4. The number of rotatable bonds is 3. The highest BCUT2D eigenvalue weighted by Gasteiger charge is 3.02. The Morgan fingerprint density at radius 3 is 1.60 bits per heavy atom. The van der Waals surface area contributed by atoms with E-state index in [4.69, 9.17) is 11.6 Å². The molecule has 1 aromatic rings. The molecule has 1 aliphatic carbocycles. The van der Waals surface area contributed by atoms with Crippen LogP contribution in [0.5, 0.6) is 0 Å². The van der Waals surface area contributed by atoms with Crippen LogP contribution in [0.2, 0.25) is 5.02 Å². The SMILES string of the molecule is O=C(Nc1ccc([N+](=O)[O-])c(Cl)c1)C1(F)C(F)(F)C(F)(F)C(F)(F)C(F)(F)C1(F)F. The topological polar surface area (TPSA) is 72.2 Å². The molecule has 0 bridgehead atoms. The molecule has 0 heterocycles. The number of carbonyl (C=O) groups is 1. The smallest absolute Gasteiger partial charge is 0.323 e. The summed E-state index contributed by atoms with van der Waals surface area (Å²) in [6.07, 6.45) is 0. The first-order valence-corrected chi connectivity index (χ1v) is 7.43. The Hall–Kier alpha value is -2.39. The van der Waals surface area contributed by atoms with Gasteiger partial charge < -0.3 is 5.32 Å². The lowest BCUT2D eigenvalue weighted by Crippen LogP contribution is -2.86. The highest BCUT2D eigenvalue weighted by molar-refractivity contribution is 6.33. The first-order valence-electron chi connectivity index (χ1n) is 7.05. The van der Waals surface area contributed by atoms with Gasteiger partial charge in [-0.2, -0.15) is 43.9 Å². The van der Waals surface area contributed by atoms with Gasteiger partial charge in [0.2, 0.25) is 0 Å². The molecular weight excluding hydrogens is 477 g/mol. The maximum atomic E-state index is 14.5. The number of nitro groups is 1. The molecule has 30 heavy (non-hydrogen) atoms. The van der Waals surface area contributed by atoms with Crippen LogP contribution in [0.15, 0.2) is 18.2 Å². The van der Waals surface area contributed by atoms with Gasteiger partial charge in [-0.1, -0.05) is 11.6 Å². The molecule has 1 N–H and O–H groups in total. The van der Waals surface area contributed by atoms with Gasteiger partial charge in [0, 0.05) is 11.8 Å². The molecule has 17 heteroatoms. The molecule has 0 aliphatic heterocycles. The summed E-state index contributed by atoms with van der Waals surface area (Å²) >= 11 is 5.35. The Kier molecular flexibility index (Phi) is 5.02. The predicted octanol–water partition coefficient (Wildman–Crippen LogP) is 5.09. The minimum absolute atomic E-state index is 0.269. The van der Waals surface area contributed by atoms with Gasteiger partial charge in [-0.3, -0.25) is 14.9 Å². The van der Waals surface area contributed by atoms with Crippen molar-refractivity contribution in [3.8, 4) is 0 Å². The molecule has 1 saturated carbocycles. The van der Waals surface area contributed by atoms with Gasteiger partial charge in [-0.25, -0.2) is 4.39 Å². The number of carbonyl (C=O) groups excluding carboxylic acids is 1. The van der Waals surface area contributed by atoms with Crippen molar-refractivity contribution >= 4 is 28.9 Å². The summed E-state index contributed by atoms with van der Waals surface area (Å²) in [6.45, 7) is 0. The number of halogens is 12. The van der Waals surface area contributed by atoms with Gasteiger partial charge in [0.25, 0.3) is 11.6 Å². The number of nitrogens with zero attached hydrogens (tertiary/aromatic N) is 1. The minimum atomic E-state index is -7.46. The van der Waals surface area contributed by atoms with Crippen LogP contribution in [-0.2, 0) is 4.79 Å². The van der Waals surface area contributed by atoms with E-state index in [1.165, 1.54) is 0 Å². The predicted molar refractivity (Wildman–Crippen MR) is 75.3 cm³/mol. The van der Waals surface area contributed by atoms with Gasteiger partial charge in [-0.15, -0.1) is 0 Å². The van der Waals surface area contributed by atoms with E-state index >= 15 is 0 Å². The average Bonchev–Trinajstić information content (AvgIpc) is 2.58. The standard InChI is InChI=1S/C13H4ClF11N2O3/c14-5-3-4(1-2-6(5)27(29)30)26-7(28)8(15)9(16,17)11(20,21)13(24,25)12(22,23)10(8,18)19/h1-3H,(H,26,28). The number of nitrogens with one attached hydrogen (secondary N) is 1. The van der Waals surface area contributed by atoms with Gasteiger partial charge in [-0.05, 0) is 12.1 Å². The number of alkyl halides is 11. The van der Waals surface area contributed by atoms with Gasteiger partial charge in [0.15, 0.2) is 0 Å². The van der Waals surface area contributed by atoms with Crippen LogP contribution >= 0.6 is 11.6 Å². The maximum Gasteiger partial charge on any atom is 0.384 e. The van der Waals surface area contributed by atoms with Crippen molar-refractivity contribution < 1.29 is 58.0 Å². The summed E-state index contributed by atoms with van der Waals surface area (Å²) in [5.41, 5.74) is -8.91. The highest BCUT2D eigenvalue weighted by Crippen LogP contribution is 2.69. The van der Waals surface area contributed by atoms with Crippen molar-refractivity contribution in [3.05, 3.63) is 33.3 Å². The lowest BCUT2D eigenvalue weighted by molar-refractivity contribution is -0.475. The zero-order chi connectivity index (χ0) is 23.7. The van der Waals surface area contributed by atoms with Crippen LogP contribution in [0.3, 0.4) is 0 Å². The molecule has 168 valence electrons. The lowest BCUT2D eigenvalue weighted by Gasteiger charge is -2.51. The van der Waals surface area contributed by atoms with E-state index in [1.54, 1.807) is 0 Å². The van der Waals surface area contributed by atoms with E-state index in [2.05, 4.69) is 0 Å². The van der Waals surface area contributed by atoms with E-state index in [0.717, 1.165) is 5.32 Å². The molecule has 0 unspecified atom stereocenters. The van der Waals surface area contributed by atoms with Gasteiger partial charge in [0.05, 0.1) is 4.92 Å². The molecule has 1 aliphatic rings. The van der Waals surface area contributed by atoms with Crippen LogP contribution in [0.1, 0.15) is 0 Å². The lowest BCUT2D eigenvalue weighted by atomic mass is 9.71. The van der Waals surface area contributed by atoms with E-state index in [9.17, 15) is 63.2 Å². The maximum absolute atomic E-state index is 14.5. The Balaban J connectivity index is 2.64. The molecule has 0 saturated heterocycles. The Morgan fingerprint density at radius 1 is 0.833 bits per heavy atom. The fraction of sp³-hybridized carbons (Fsp3) is 0.462. The fourth-order valence-electron chi connectivity index (χ4n) is 2.46. The number of amides is 1. The van der Waals surface area contributed by atoms with Crippen LogP contribution in [0.25, 0.3) is 0 Å². The van der Waals surface area contributed by atoms with Crippen LogP contribution < -0.4 is 5.32 Å².